The number of nitrogens with zero attached hydrogens (tertiary/aromatic N) is 1. The number of phenolic OH excluding ortho intramolecular Hbond substituents is 1. The van der Waals surface area contributed by atoms with Gasteiger partial charge in [-0.15, -0.1) is 0 Å². The maximum absolute atomic E-state index is 13.1. The Balaban J connectivity index is 1.64. The van der Waals surface area contributed by atoms with E-state index in [1.807, 2.05) is 73.7 Å². The van der Waals surface area contributed by atoms with Gasteiger partial charge >= 0.3 is 0 Å². The number of benzene rings is 3. The number of allylic oxidation sites excluding steroid dienone is 1. The van der Waals surface area contributed by atoms with Crippen LogP contribution in [0.15, 0.2) is 91.0 Å². The van der Waals surface area contributed by atoms with E-state index in [1.165, 1.54) is 0 Å². The first-order valence-electron chi connectivity index (χ1n) is 9.63. The minimum atomic E-state index is -0.260. The lowest BCUT2D eigenvalue weighted by Crippen LogP contribution is -2.36. The summed E-state index contributed by atoms with van der Waals surface area (Å²) in [6, 6.07) is 26.0. The molecule has 0 atom stereocenters. The molecule has 1 amide bonds. The molecule has 148 valence electrons. The van der Waals surface area contributed by atoms with Crippen molar-refractivity contribution in [2.24, 2.45) is 0 Å². The van der Waals surface area contributed by atoms with Crippen LogP contribution in [0.1, 0.15) is 22.8 Å². The quantitative estimate of drug-likeness (QED) is 0.420. The fourth-order valence-corrected chi connectivity index (χ4v) is 3.26. The molecule has 30 heavy (non-hydrogen) atoms. The minimum Gasteiger partial charge on any atom is -0.508 e. The summed E-state index contributed by atoms with van der Waals surface area (Å²) in [6.45, 7) is 1.87. The van der Waals surface area contributed by atoms with E-state index in [-0.39, 0.29) is 11.7 Å². The first-order valence-corrected chi connectivity index (χ1v) is 9.63. The SMILES string of the molecule is C/C=C(/NNC(=O)c1cc(-c2ccccc2)nc2ccccc12)c1ccc(O)cc1. The smallest absolute Gasteiger partial charge is 0.270 e. The Kier molecular flexibility index (Phi) is 5.44. The Morgan fingerprint density at radius 2 is 1.60 bits per heavy atom. The molecule has 3 N–H and O–H groups in total. The second-order valence-electron chi connectivity index (χ2n) is 6.77. The van der Waals surface area contributed by atoms with Crippen molar-refractivity contribution >= 4 is 22.5 Å². The maximum atomic E-state index is 13.1. The third kappa shape index (κ3) is 4.00. The minimum absolute atomic E-state index is 0.190. The molecule has 1 heterocycles. The van der Waals surface area contributed by atoms with Gasteiger partial charge in [0.15, 0.2) is 0 Å². The number of aromatic nitrogens is 1. The molecule has 5 heteroatoms. The average Bonchev–Trinajstić information content (AvgIpc) is 2.80. The van der Waals surface area contributed by atoms with Crippen LogP contribution in [0.3, 0.4) is 0 Å². The number of aromatic hydroxyl groups is 1. The lowest BCUT2D eigenvalue weighted by Gasteiger charge is -2.14. The van der Waals surface area contributed by atoms with Crippen LogP contribution in [0.25, 0.3) is 27.9 Å². The largest absolute Gasteiger partial charge is 0.508 e. The van der Waals surface area contributed by atoms with Gasteiger partial charge in [-0.25, -0.2) is 4.98 Å². The molecule has 0 saturated heterocycles. The number of carbonyl (C=O) groups is 1. The maximum Gasteiger partial charge on any atom is 0.270 e. The molecule has 0 aliphatic rings. The number of fused-ring (bicyclic) bond motifs is 1. The molecule has 4 aromatic rings. The molecular formula is C25H21N3O2. The fourth-order valence-electron chi connectivity index (χ4n) is 3.26. The van der Waals surface area contributed by atoms with E-state index in [0.717, 1.165) is 33.4 Å². The summed E-state index contributed by atoms with van der Waals surface area (Å²) in [6.07, 6.45) is 1.85. The fraction of sp³-hybridized carbons (Fsp3) is 0.0400. The molecule has 3 aromatic carbocycles. The highest BCUT2D eigenvalue weighted by Gasteiger charge is 2.14. The number of rotatable bonds is 5. The molecular weight excluding hydrogens is 374 g/mol. The van der Waals surface area contributed by atoms with E-state index >= 15 is 0 Å². The third-order valence-electron chi connectivity index (χ3n) is 4.81. The van der Waals surface area contributed by atoms with Gasteiger partial charge < -0.3 is 5.11 Å². The van der Waals surface area contributed by atoms with Gasteiger partial charge in [0, 0.05) is 10.9 Å². The second kappa shape index (κ2) is 8.49. The Morgan fingerprint density at radius 3 is 2.33 bits per heavy atom. The number of nitrogens with one attached hydrogen (secondary N) is 2. The number of hydrogen-bond acceptors (Lipinski definition) is 4. The molecule has 0 radical (unpaired) electrons. The van der Waals surface area contributed by atoms with E-state index in [0.29, 0.717) is 5.56 Å². The zero-order chi connectivity index (χ0) is 20.9. The van der Waals surface area contributed by atoms with E-state index in [2.05, 4.69) is 10.9 Å². The standard InChI is InChI=1S/C25H21N3O2/c1-2-22(18-12-14-19(29)15-13-18)27-28-25(30)21-16-24(17-8-4-3-5-9-17)26-23-11-7-6-10-20(21)23/h2-16,27,29H,1H3,(H,28,30)/b22-2+. The molecule has 0 aliphatic carbocycles. The van der Waals surface area contributed by atoms with Crippen molar-refractivity contribution in [2.45, 2.75) is 6.92 Å². The zero-order valence-electron chi connectivity index (χ0n) is 16.5. The summed E-state index contributed by atoms with van der Waals surface area (Å²) in [4.78, 5) is 17.8. The lowest BCUT2D eigenvalue weighted by atomic mass is 10.0. The number of pyridine rings is 1. The molecule has 0 bridgehead atoms. The van der Waals surface area contributed by atoms with Crippen molar-refractivity contribution in [3.63, 3.8) is 0 Å². The van der Waals surface area contributed by atoms with Crippen molar-refractivity contribution in [3.05, 3.63) is 102 Å². The number of para-hydroxylation sites is 1. The molecule has 0 spiro atoms. The molecule has 0 unspecified atom stereocenters. The van der Waals surface area contributed by atoms with Crippen LogP contribution in [0.4, 0.5) is 0 Å². The van der Waals surface area contributed by atoms with Crippen molar-refractivity contribution in [2.75, 3.05) is 0 Å². The second-order valence-corrected chi connectivity index (χ2v) is 6.77. The topological polar surface area (TPSA) is 74.2 Å². The summed E-state index contributed by atoms with van der Waals surface area (Å²) in [7, 11) is 0. The molecule has 4 rings (SSSR count). The van der Waals surface area contributed by atoms with E-state index in [4.69, 9.17) is 4.98 Å². The number of amides is 1. The highest BCUT2D eigenvalue weighted by molar-refractivity contribution is 6.07. The predicted octanol–water partition coefficient (Wildman–Crippen LogP) is 4.90. The van der Waals surface area contributed by atoms with Crippen molar-refractivity contribution < 1.29 is 9.90 Å². The summed E-state index contributed by atoms with van der Waals surface area (Å²) < 4.78 is 0. The Labute approximate surface area is 174 Å². The van der Waals surface area contributed by atoms with Crippen LogP contribution in [0.5, 0.6) is 5.75 Å². The number of hydrazine groups is 1. The highest BCUT2D eigenvalue weighted by Crippen LogP contribution is 2.25. The third-order valence-corrected chi connectivity index (χ3v) is 4.81. The summed E-state index contributed by atoms with van der Waals surface area (Å²) in [5.41, 5.74) is 10.3. The average molecular weight is 395 g/mol. The molecule has 0 saturated carbocycles. The van der Waals surface area contributed by atoms with Gasteiger partial charge in [-0.1, -0.05) is 54.6 Å². The highest BCUT2D eigenvalue weighted by atomic mass is 16.3. The van der Waals surface area contributed by atoms with Crippen LogP contribution in [-0.4, -0.2) is 16.0 Å². The molecule has 1 aromatic heterocycles. The van der Waals surface area contributed by atoms with Crippen molar-refractivity contribution in [3.8, 4) is 17.0 Å². The predicted molar refractivity (Wildman–Crippen MR) is 120 cm³/mol. The lowest BCUT2D eigenvalue weighted by molar-refractivity contribution is 0.0944. The van der Waals surface area contributed by atoms with Crippen LogP contribution >= 0.6 is 0 Å². The first-order chi connectivity index (χ1) is 14.7. The monoisotopic (exact) mass is 395 g/mol. The van der Waals surface area contributed by atoms with Crippen LogP contribution in [0.2, 0.25) is 0 Å². The Morgan fingerprint density at radius 1 is 0.900 bits per heavy atom. The van der Waals surface area contributed by atoms with Gasteiger partial charge in [0.2, 0.25) is 0 Å². The van der Waals surface area contributed by atoms with Crippen LogP contribution < -0.4 is 10.9 Å². The molecule has 0 fully saturated rings. The zero-order valence-corrected chi connectivity index (χ0v) is 16.5. The summed E-state index contributed by atoms with van der Waals surface area (Å²) in [5, 5.41) is 10.3. The van der Waals surface area contributed by atoms with E-state index < -0.39 is 0 Å². The van der Waals surface area contributed by atoms with Crippen molar-refractivity contribution in [1.29, 1.82) is 0 Å². The Hall–Kier alpha value is -4.12. The van der Waals surface area contributed by atoms with E-state index in [9.17, 15) is 9.90 Å². The first kappa shape index (κ1) is 19.2. The number of phenols is 1. The van der Waals surface area contributed by atoms with E-state index in [1.54, 1.807) is 24.3 Å². The van der Waals surface area contributed by atoms with Crippen LogP contribution in [-0.2, 0) is 0 Å². The van der Waals surface area contributed by atoms with Gasteiger partial charge in [-0.05, 0) is 48.9 Å². The number of hydrogen-bond donors (Lipinski definition) is 3. The molecule has 5 nitrogen and oxygen atoms in total. The van der Waals surface area contributed by atoms with Gasteiger partial charge in [0.1, 0.15) is 5.75 Å². The molecule has 0 aliphatic heterocycles. The normalized spacial score (nSPS) is 11.3. The van der Waals surface area contributed by atoms with Crippen LogP contribution in [0, 0.1) is 0 Å². The number of carbonyl (C=O) groups excluding carboxylic acids is 1. The van der Waals surface area contributed by atoms with Gasteiger partial charge in [0.25, 0.3) is 5.91 Å². The Bertz CT molecular complexity index is 1220. The van der Waals surface area contributed by atoms with Gasteiger partial charge in [-0.2, -0.15) is 0 Å². The van der Waals surface area contributed by atoms with Gasteiger partial charge in [0.05, 0.1) is 22.5 Å². The summed E-state index contributed by atoms with van der Waals surface area (Å²) >= 11 is 0. The van der Waals surface area contributed by atoms with Gasteiger partial charge in [-0.3, -0.25) is 15.6 Å². The van der Waals surface area contributed by atoms with Crippen molar-refractivity contribution in [1.82, 2.24) is 15.8 Å². The summed E-state index contributed by atoms with van der Waals surface area (Å²) in [5.74, 6) is -0.0705.